The van der Waals surface area contributed by atoms with Crippen LogP contribution in [0.4, 0.5) is 0 Å². The highest BCUT2D eigenvalue weighted by atomic mass is 32.2. The maximum Gasteiger partial charge on any atom is 0.264 e. The Balaban J connectivity index is 2.38. The molecule has 11 heavy (non-hydrogen) atoms. The molecule has 1 aromatic rings. The van der Waals surface area contributed by atoms with Crippen LogP contribution in [0.25, 0.3) is 0 Å². The van der Waals surface area contributed by atoms with Crippen molar-refractivity contribution in [3.05, 3.63) is 34.8 Å². The summed E-state index contributed by atoms with van der Waals surface area (Å²) >= 11 is 1.71. The van der Waals surface area contributed by atoms with Gasteiger partial charge in [0.15, 0.2) is 0 Å². The molecule has 0 saturated heterocycles. The SMILES string of the molecule is C=CCSCc1cc(=O)[nH][nH]1. The highest BCUT2D eigenvalue weighted by molar-refractivity contribution is 7.98. The van der Waals surface area contributed by atoms with Crippen molar-refractivity contribution in [1.82, 2.24) is 10.2 Å². The first-order chi connectivity index (χ1) is 5.33. The first kappa shape index (κ1) is 8.20. The Hall–Kier alpha value is -0.900. The minimum atomic E-state index is -0.0702. The van der Waals surface area contributed by atoms with E-state index < -0.39 is 0 Å². The molecule has 1 heterocycles. The molecule has 0 atom stereocenters. The smallest absolute Gasteiger partial charge is 0.264 e. The van der Waals surface area contributed by atoms with Crippen LogP contribution in [-0.2, 0) is 5.75 Å². The molecule has 0 bridgehead atoms. The molecular weight excluding hydrogens is 160 g/mol. The van der Waals surface area contributed by atoms with Crippen molar-refractivity contribution in [2.45, 2.75) is 5.75 Å². The van der Waals surface area contributed by atoms with Crippen LogP contribution >= 0.6 is 11.8 Å². The molecule has 0 amide bonds. The number of hydrogen-bond acceptors (Lipinski definition) is 2. The van der Waals surface area contributed by atoms with Crippen LogP contribution in [0.15, 0.2) is 23.5 Å². The lowest BCUT2D eigenvalue weighted by molar-refractivity contribution is 1.02. The van der Waals surface area contributed by atoms with E-state index >= 15 is 0 Å². The van der Waals surface area contributed by atoms with E-state index in [9.17, 15) is 4.79 Å². The molecule has 0 spiro atoms. The van der Waals surface area contributed by atoms with Crippen LogP contribution in [0.1, 0.15) is 5.69 Å². The van der Waals surface area contributed by atoms with Gasteiger partial charge in [0.2, 0.25) is 0 Å². The van der Waals surface area contributed by atoms with E-state index in [2.05, 4.69) is 16.8 Å². The van der Waals surface area contributed by atoms with Crippen LogP contribution in [0.5, 0.6) is 0 Å². The van der Waals surface area contributed by atoms with Gasteiger partial charge in [-0.05, 0) is 0 Å². The Labute approximate surface area is 68.9 Å². The Bertz CT molecular complexity index is 276. The number of aromatic amines is 2. The monoisotopic (exact) mass is 170 g/mol. The van der Waals surface area contributed by atoms with Gasteiger partial charge in [-0.2, -0.15) is 11.8 Å². The van der Waals surface area contributed by atoms with Crippen molar-refractivity contribution in [3.63, 3.8) is 0 Å². The zero-order valence-corrected chi connectivity index (χ0v) is 6.91. The van der Waals surface area contributed by atoms with E-state index in [-0.39, 0.29) is 5.56 Å². The van der Waals surface area contributed by atoms with Crippen LogP contribution in [0.3, 0.4) is 0 Å². The van der Waals surface area contributed by atoms with Crippen molar-refractivity contribution in [2.24, 2.45) is 0 Å². The van der Waals surface area contributed by atoms with Gasteiger partial charge in [-0.1, -0.05) is 6.08 Å². The van der Waals surface area contributed by atoms with E-state index in [0.29, 0.717) is 0 Å². The summed E-state index contributed by atoms with van der Waals surface area (Å²) in [5, 5.41) is 5.25. The van der Waals surface area contributed by atoms with Crippen molar-refractivity contribution in [2.75, 3.05) is 5.75 Å². The number of thioether (sulfide) groups is 1. The second-order valence-corrected chi connectivity index (χ2v) is 3.12. The second-order valence-electron chi connectivity index (χ2n) is 2.09. The standard InChI is InChI=1S/C7H10N2OS/c1-2-3-11-5-6-4-7(10)9-8-6/h2,4H,1,3,5H2,(H2,8,9,10). The summed E-state index contributed by atoms with van der Waals surface area (Å²) < 4.78 is 0. The molecule has 3 nitrogen and oxygen atoms in total. The number of aromatic nitrogens is 2. The molecule has 4 heteroatoms. The van der Waals surface area contributed by atoms with Gasteiger partial charge < -0.3 is 5.10 Å². The van der Waals surface area contributed by atoms with Gasteiger partial charge in [0.05, 0.1) is 0 Å². The van der Waals surface area contributed by atoms with Crippen molar-refractivity contribution in [3.8, 4) is 0 Å². The quantitative estimate of drug-likeness (QED) is 0.525. The minimum Gasteiger partial charge on any atom is -0.301 e. The molecule has 0 aliphatic heterocycles. The lowest BCUT2D eigenvalue weighted by atomic mass is 10.5. The van der Waals surface area contributed by atoms with E-state index in [4.69, 9.17) is 0 Å². The largest absolute Gasteiger partial charge is 0.301 e. The number of nitrogens with one attached hydrogen (secondary N) is 2. The lowest BCUT2D eigenvalue weighted by Crippen LogP contribution is -1.93. The third kappa shape index (κ3) is 2.67. The first-order valence-electron chi connectivity index (χ1n) is 3.28. The van der Waals surface area contributed by atoms with Gasteiger partial charge in [0, 0.05) is 23.3 Å². The highest BCUT2D eigenvalue weighted by Gasteiger charge is 1.93. The van der Waals surface area contributed by atoms with E-state index in [1.165, 1.54) is 0 Å². The summed E-state index contributed by atoms with van der Waals surface area (Å²) in [4.78, 5) is 10.6. The molecular formula is C7H10N2OS. The number of H-pyrrole nitrogens is 2. The number of rotatable bonds is 4. The maximum atomic E-state index is 10.6. The molecule has 1 aromatic heterocycles. The highest BCUT2D eigenvalue weighted by Crippen LogP contribution is 2.06. The van der Waals surface area contributed by atoms with Crippen LogP contribution in [-0.4, -0.2) is 16.0 Å². The zero-order chi connectivity index (χ0) is 8.10. The molecule has 60 valence electrons. The molecule has 0 aliphatic rings. The molecule has 0 unspecified atom stereocenters. The molecule has 1 rings (SSSR count). The van der Waals surface area contributed by atoms with Gasteiger partial charge >= 0.3 is 0 Å². The third-order valence-electron chi connectivity index (χ3n) is 1.14. The topological polar surface area (TPSA) is 48.6 Å². The van der Waals surface area contributed by atoms with Gasteiger partial charge in [-0.25, -0.2) is 0 Å². The van der Waals surface area contributed by atoms with Gasteiger partial charge in [-0.3, -0.25) is 9.89 Å². The molecule has 0 aliphatic carbocycles. The summed E-state index contributed by atoms with van der Waals surface area (Å²) in [6.45, 7) is 3.60. The second kappa shape index (κ2) is 4.08. The van der Waals surface area contributed by atoms with E-state index in [0.717, 1.165) is 17.2 Å². The summed E-state index contributed by atoms with van der Waals surface area (Å²) in [7, 11) is 0. The average molecular weight is 170 g/mol. The fourth-order valence-electron chi connectivity index (χ4n) is 0.702. The van der Waals surface area contributed by atoms with Gasteiger partial charge in [-0.15, -0.1) is 6.58 Å². The van der Waals surface area contributed by atoms with Crippen LogP contribution in [0.2, 0.25) is 0 Å². The Morgan fingerprint density at radius 2 is 2.45 bits per heavy atom. The molecule has 0 fully saturated rings. The van der Waals surface area contributed by atoms with E-state index in [1.54, 1.807) is 17.8 Å². The summed E-state index contributed by atoms with van der Waals surface area (Å²) in [6.07, 6.45) is 1.84. The van der Waals surface area contributed by atoms with E-state index in [1.807, 2.05) is 6.08 Å². The molecule has 0 radical (unpaired) electrons. The summed E-state index contributed by atoms with van der Waals surface area (Å²) in [5.74, 6) is 1.73. The average Bonchev–Trinajstić information content (AvgIpc) is 2.37. The van der Waals surface area contributed by atoms with Crippen molar-refractivity contribution in [1.29, 1.82) is 0 Å². The molecule has 2 N–H and O–H groups in total. The fourth-order valence-corrected chi connectivity index (χ4v) is 1.36. The molecule has 0 saturated carbocycles. The van der Waals surface area contributed by atoms with Crippen molar-refractivity contribution < 1.29 is 0 Å². The Kier molecular flexibility index (Phi) is 3.04. The normalized spacial score (nSPS) is 9.82. The fraction of sp³-hybridized carbons (Fsp3) is 0.286. The minimum absolute atomic E-state index is 0.0702. The van der Waals surface area contributed by atoms with Crippen LogP contribution < -0.4 is 5.56 Å². The van der Waals surface area contributed by atoms with Gasteiger partial charge in [0.25, 0.3) is 5.56 Å². The summed E-state index contributed by atoms with van der Waals surface area (Å²) in [6, 6.07) is 1.57. The predicted octanol–water partition coefficient (Wildman–Crippen LogP) is 1.12. The number of hydrogen-bond donors (Lipinski definition) is 2. The van der Waals surface area contributed by atoms with Crippen LogP contribution in [0, 0.1) is 0 Å². The first-order valence-corrected chi connectivity index (χ1v) is 4.43. The third-order valence-corrected chi connectivity index (χ3v) is 2.13. The lowest BCUT2D eigenvalue weighted by Gasteiger charge is -1.92. The predicted molar refractivity (Wildman–Crippen MR) is 47.8 cm³/mol. The molecule has 0 aromatic carbocycles. The zero-order valence-electron chi connectivity index (χ0n) is 6.09. The van der Waals surface area contributed by atoms with Gasteiger partial charge in [0.1, 0.15) is 0 Å². The maximum absolute atomic E-state index is 10.6. The Morgan fingerprint density at radius 3 is 3.00 bits per heavy atom. The Morgan fingerprint density at radius 1 is 1.64 bits per heavy atom. The van der Waals surface area contributed by atoms with Crippen molar-refractivity contribution >= 4 is 11.8 Å². The summed E-state index contributed by atoms with van der Waals surface area (Å²) in [5.41, 5.74) is 0.862.